The van der Waals surface area contributed by atoms with Crippen LogP contribution in [0.15, 0.2) is 93.0 Å². The summed E-state index contributed by atoms with van der Waals surface area (Å²) in [6, 6.07) is 16.8. The summed E-state index contributed by atoms with van der Waals surface area (Å²) < 4.78 is 38.0. The molecule has 0 aliphatic carbocycles. The van der Waals surface area contributed by atoms with Gasteiger partial charge in [-0.2, -0.15) is 0 Å². The van der Waals surface area contributed by atoms with Gasteiger partial charge in [0, 0.05) is 16.9 Å². The molecule has 11 heteroatoms. The maximum Gasteiger partial charge on any atom is 0.291 e. The Hall–Kier alpha value is -3.86. The fourth-order valence-electron chi connectivity index (χ4n) is 2.99. The van der Waals surface area contributed by atoms with Gasteiger partial charge >= 0.3 is 0 Å². The predicted molar refractivity (Wildman–Crippen MR) is 125 cm³/mol. The molecule has 34 heavy (non-hydrogen) atoms. The fraction of sp³-hybridized carbons (Fsp3) is 0.0435. The molecule has 0 saturated heterocycles. The topological polar surface area (TPSA) is 131 Å². The molecule has 0 fully saturated rings. The van der Waals surface area contributed by atoms with Gasteiger partial charge in [-0.25, -0.2) is 13.1 Å². The van der Waals surface area contributed by atoms with Crippen LogP contribution < -0.4 is 15.4 Å². The molecule has 0 radical (unpaired) electrons. The summed E-state index contributed by atoms with van der Waals surface area (Å²) >= 11 is 6.10. The molecule has 2 amide bonds. The van der Waals surface area contributed by atoms with E-state index in [0.29, 0.717) is 17.1 Å². The Morgan fingerprint density at radius 1 is 0.824 bits per heavy atom. The molecule has 4 aromatic rings. The van der Waals surface area contributed by atoms with Crippen molar-refractivity contribution in [1.82, 2.24) is 4.72 Å². The second kappa shape index (κ2) is 9.96. The molecule has 4 rings (SSSR count). The van der Waals surface area contributed by atoms with Crippen molar-refractivity contribution in [3.05, 3.63) is 101 Å². The van der Waals surface area contributed by atoms with E-state index >= 15 is 0 Å². The van der Waals surface area contributed by atoms with E-state index in [1.54, 1.807) is 42.5 Å². The van der Waals surface area contributed by atoms with Gasteiger partial charge in [-0.15, -0.1) is 0 Å². The van der Waals surface area contributed by atoms with Crippen LogP contribution in [0, 0.1) is 0 Å². The first-order valence-electron chi connectivity index (χ1n) is 9.90. The van der Waals surface area contributed by atoms with Crippen LogP contribution in [0.4, 0.5) is 11.4 Å². The summed E-state index contributed by atoms with van der Waals surface area (Å²) in [6.45, 7) is -0.0708. The number of furan rings is 2. The van der Waals surface area contributed by atoms with E-state index in [2.05, 4.69) is 15.4 Å². The Balaban J connectivity index is 1.48. The Morgan fingerprint density at radius 3 is 2.21 bits per heavy atom. The van der Waals surface area contributed by atoms with Gasteiger partial charge in [0.1, 0.15) is 10.7 Å². The fourth-order valence-corrected chi connectivity index (χ4v) is 4.50. The lowest BCUT2D eigenvalue weighted by Gasteiger charge is -2.11. The molecule has 0 atom stereocenters. The average Bonchev–Trinajstić information content (AvgIpc) is 3.53. The summed E-state index contributed by atoms with van der Waals surface area (Å²) in [7, 11) is -4.02. The maximum atomic E-state index is 12.8. The van der Waals surface area contributed by atoms with Crippen LogP contribution in [0.1, 0.15) is 26.7 Å². The molecule has 0 aliphatic heterocycles. The third kappa shape index (κ3) is 5.54. The molecule has 0 bridgehead atoms. The van der Waals surface area contributed by atoms with Gasteiger partial charge < -0.3 is 19.5 Å². The summed E-state index contributed by atoms with van der Waals surface area (Å²) in [5, 5.41) is 5.30. The average molecular weight is 500 g/mol. The predicted octanol–water partition coefficient (Wildman–Crippen LogP) is 4.51. The van der Waals surface area contributed by atoms with Gasteiger partial charge in [0.15, 0.2) is 5.76 Å². The summed E-state index contributed by atoms with van der Waals surface area (Å²) in [5.74, 6) is -0.436. The highest BCUT2D eigenvalue weighted by Gasteiger charge is 2.21. The third-order valence-electron chi connectivity index (χ3n) is 4.62. The summed E-state index contributed by atoms with van der Waals surface area (Å²) in [6.07, 6.45) is 2.82. The standard InChI is InChI=1S/C23H18ClN3O6S/c24-19-9-8-15(12-21(19)34(30,31)25-14-18-6-2-10-32-18)22(28)26-16-4-1-5-17(13-16)27-23(29)20-7-3-11-33-20/h1-13,25H,14H2,(H,26,28)(H,27,29). The first-order chi connectivity index (χ1) is 16.3. The van der Waals surface area contributed by atoms with E-state index < -0.39 is 21.8 Å². The van der Waals surface area contributed by atoms with Crippen LogP contribution in [0.5, 0.6) is 0 Å². The number of amides is 2. The zero-order valence-corrected chi connectivity index (χ0v) is 19.0. The molecule has 9 nitrogen and oxygen atoms in total. The van der Waals surface area contributed by atoms with Crippen molar-refractivity contribution >= 4 is 44.8 Å². The minimum absolute atomic E-state index is 0.0360. The highest BCUT2D eigenvalue weighted by molar-refractivity contribution is 7.89. The lowest BCUT2D eigenvalue weighted by molar-refractivity contribution is 0.0995. The number of nitrogens with one attached hydrogen (secondary N) is 3. The molecular weight excluding hydrogens is 482 g/mol. The van der Waals surface area contributed by atoms with Crippen LogP contribution in [0.2, 0.25) is 5.02 Å². The zero-order chi connectivity index (χ0) is 24.1. The van der Waals surface area contributed by atoms with Crippen molar-refractivity contribution in [3.8, 4) is 0 Å². The van der Waals surface area contributed by atoms with E-state index in [0.717, 1.165) is 0 Å². The van der Waals surface area contributed by atoms with E-state index in [4.69, 9.17) is 20.4 Å². The van der Waals surface area contributed by atoms with Crippen molar-refractivity contribution in [2.45, 2.75) is 11.4 Å². The normalized spacial score (nSPS) is 11.2. The number of carbonyl (C=O) groups is 2. The monoisotopic (exact) mass is 499 g/mol. The van der Waals surface area contributed by atoms with Crippen LogP contribution in [-0.2, 0) is 16.6 Å². The van der Waals surface area contributed by atoms with E-state index in [-0.39, 0.29) is 27.8 Å². The molecule has 0 spiro atoms. The molecule has 0 unspecified atom stereocenters. The van der Waals surface area contributed by atoms with Crippen molar-refractivity contribution in [1.29, 1.82) is 0 Å². The van der Waals surface area contributed by atoms with Crippen LogP contribution >= 0.6 is 11.6 Å². The number of hydrogen-bond donors (Lipinski definition) is 3. The molecule has 2 aromatic heterocycles. The van der Waals surface area contributed by atoms with Gasteiger partial charge in [0.25, 0.3) is 11.8 Å². The van der Waals surface area contributed by atoms with Crippen molar-refractivity contribution in [2.24, 2.45) is 0 Å². The molecule has 0 aliphatic rings. The van der Waals surface area contributed by atoms with Gasteiger partial charge in [0.05, 0.1) is 24.1 Å². The number of benzene rings is 2. The van der Waals surface area contributed by atoms with Crippen LogP contribution in [0.3, 0.4) is 0 Å². The first kappa shape index (κ1) is 23.3. The van der Waals surface area contributed by atoms with Gasteiger partial charge in [-0.05, 0) is 60.7 Å². The number of sulfonamides is 1. The zero-order valence-electron chi connectivity index (χ0n) is 17.4. The highest BCUT2D eigenvalue weighted by Crippen LogP contribution is 2.24. The van der Waals surface area contributed by atoms with E-state index in [1.807, 2.05) is 0 Å². The minimum Gasteiger partial charge on any atom is -0.468 e. The quantitative estimate of drug-likeness (QED) is 0.327. The second-order valence-electron chi connectivity index (χ2n) is 7.02. The van der Waals surface area contributed by atoms with Crippen LogP contribution in [-0.4, -0.2) is 20.2 Å². The second-order valence-corrected chi connectivity index (χ2v) is 9.16. The number of halogens is 1. The van der Waals surface area contributed by atoms with Crippen LogP contribution in [0.25, 0.3) is 0 Å². The van der Waals surface area contributed by atoms with Gasteiger partial charge in [-0.1, -0.05) is 17.7 Å². The molecule has 2 heterocycles. The number of anilines is 2. The molecule has 2 aromatic carbocycles. The first-order valence-corrected chi connectivity index (χ1v) is 11.8. The molecular formula is C23H18ClN3O6S. The maximum absolute atomic E-state index is 12.8. The van der Waals surface area contributed by atoms with Gasteiger partial charge in [-0.3, -0.25) is 9.59 Å². The Bertz CT molecular complexity index is 1420. The van der Waals surface area contributed by atoms with Crippen molar-refractivity contribution in [2.75, 3.05) is 10.6 Å². The van der Waals surface area contributed by atoms with E-state index in [9.17, 15) is 18.0 Å². The van der Waals surface area contributed by atoms with Crippen molar-refractivity contribution < 1.29 is 26.8 Å². The minimum atomic E-state index is -4.02. The summed E-state index contributed by atoms with van der Waals surface area (Å²) in [4.78, 5) is 24.7. The Morgan fingerprint density at radius 2 is 1.53 bits per heavy atom. The SMILES string of the molecule is O=C(Nc1cccc(NC(=O)c2ccco2)c1)c1ccc(Cl)c(S(=O)(=O)NCc2ccco2)c1. The largest absolute Gasteiger partial charge is 0.468 e. The lowest BCUT2D eigenvalue weighted by atomic mass is 10.2. The highest BCUT2D eigenvalue weighted by atomic mass is 35.5. The van der Waals surface area contributed by atoms with Gasteiger partial charge in [0.2, 0.25) is 10.0 Å². The lowest BCUT2D eigenvalue weighted by Crippen LogP contribution is -2.24. The number of rotatable bonds is 8. The molecule has 3 N–H and O–H groups in total. The molecule has 0 saturated carbocycles. The summed E-state index contributed by atoms with van der Waals surface area (Å²) in [5.41, 5.74) is 0.894. The number of hydrogen-bond acceptors (Lipinski definition) is 6. The number of carbonyl (C=O) groups excluding carboxylic acids is 2. The smallest absolute Gasteiger partial charge is 0.291 e. The Kier molecular flexibility index (Phi) is 6.82. The molecule has 174 valence electrons. The Labute approximate surface area is 199 Å². The third-order valence-corrected chi connectivity index (χ3v) is 6.51. The van der Waals surface area contributed by atoms with Crippen molar-refractivity contribution in [3.63, 3.8) is 0 Å². The van der Waals surface area contributed by atoms with E-state index in [1.165, 1.54) is 36.8 Å².